The van der Waals surface area contributed by atoms with Crippen molar-refractivity contribution in [1.29, 1.82) is 0 Å². The zero-order chi connectivity index (χ0) is 23.2. The van der Waals surface area contributed by atoms with Gasteiger partial charge in [0, 0.05) is 36.6 Å². The number of nitrogens with zero attached hydrogens (tertiary/aromatic N) is 5. The van der Waals surface area contributed by atoms with Crippen molar-refractivity contribution < 1.29 is 4.39 Å². The number of pyridine rings is 1. The number of fused-ring (bicyclic) bond motifs is 1. The summed E-state index contributed by atoms with van der Waals surface area (Å²) in [5.74, 6) is 0.717. The van der Waals surface area contributed by atoms with Gasteiger partial charge in [0.25, 0.3) is 5.56 Å². The fourth-order valence-corrected chi connectivity index (χ4v) is 5.15. The van der Waals surface area contributed by atoms with Crippen LogP contribution in [0.15, 0.2) is 47.7 Å². The molecule has 8 heteroatoms. The minimum Gasteiger partial charge on any atom is -0.353 e. The number of rotatable bonds is 6. The van der Waals surface area contributed by atoms with Gasteiger partial charge in [-0.25, -0.2) is 4.39 Å². The number of benzene rings is 1. The standard InChI is InChI=1S/C26H29FN6O/c1-31-16-28-30-25(31)23(27)18-6-5-7-20(12-18)33-15-22(17-8-9-17)21-13-19(29-24(21)26(33)34)14-32-10-3-2-4-11-32/h5-7,12-13,15-17,23,29H,2-4,8-11,14H2,1H3. The molecule has 0 radical (unpaired) electrons. The molecule has 0 bridgehead atoms. The number of piperidine rings is 1. The Morgan fingerprint density at radius 3 is 2.74 bits per heavy atom. The summed E-state index contributed by atoms with van der Waals surface area (Å²) in [4.78, 5) is 19.5. The normalized spacial score (nSPS) is 17.9. The lowest BCUT2D eigenvalue weighted by molar-refractivity contribution is 0.219. The summed E-state index contributed by atoms with van der Waals surface area (Å²) in [6.45, 7) is 3.06. The van der Waals surface area contributed by atoms with Gasteiger partial charge in [-0.1, -0.05) is 18.6 Å². The molecule has 3 aromatic heterocycles. The fraction of sp³-hybridized carbons (Fsp3) is 0.423. The number of hydrogen-bond acceptors (Lipinski definition) is 4. The highest BCUT2D eigenvalue weighted by atomic mass is 19.1. The summed E-state index contributed by atoms with van der Waals surface area (Å²) in [5, 5.41) is 8.74. The fourth-order valence-electron chi connectivity index (χ4n) is 5.15. The minimum atomic E-state index is -1.42. The lowest BCUT2D eigenvalue weighted by Crippen LogP contribution is -2.29. The summed E-state index contributed by atoms with van der Waals surface area (Å²) in [5.41, 5.74) is 3.94. The average Bonchev–Trinajstić information content (AvgIpc) is 3.47. The molecule has 2 aliphatic rings. The highest BCUT2D eigenvalue weighted by Gasteiger charge is 2.28. The van der Waals surface area contributed by atoms with Gasteiger partial charge in [-0.05, 0) is 74.0 Å². The first-order valence-electron chi connectivity index (χ1n) is 12.2. The van der Waals surface area contributed by atoms with Crippen LogP contribution in [0.1, 0.15) is 66.8 Å². The second-order valence-electron chi connectivity index (χ2n) is 9.71. The maximum Gasteiger partial charge on any atom is 0.279 e. The van der Waals surface area contributed by atoms with E-state index in [4.69, 9.17) is 0 Å². The van der Waals surface area contributed by atoms with E-state index in [0.717, 1.165) is 43.6 Å². The Hall–Kier alpha value is -3.26. The van der Waals surface area contributed by atoms with E-state index in [0.29, 0.717) is 22.7 Å². The van der Waals surface area contributed by atoms with Crippen LogP contribution in [-0.2, 0) is 13.6 Å². The molecule has 1 saturated carbocycles. The molecule has 6 rings (SSSR count). The lowest BCUT2D eigenvalue weighted by Gasteiger charge is -2.25. The molecule has 1 aliphatic heterocycles. The molecule has 0 amide bonds. The molecule has 0 spiro atoms. The van der Waals surface area contributed by atoms with Crippen LogP contribution in [0.5, 0.6) is 0 Å². The van der Waals surface area contributed by atoms with E-state index in [1.165, 1.54) is 31.2 Å². The smallest absolute Gasteiger partial charge is 0.279 e. The Morgan fingerprint density at radius 2 is 2.00 bits per heavy atom. The maximum absolute atomic E-state index is 15.2. The monoisotopic (exact) mass is 460 g/mol. The van der Waals surface area contributed by atoms with E-state index in [-0.39, 0.29) is 11.4 Å². The second-order valence-corrected chi connectivity index (χ2v) is 9.71. The Morgan fingerprint density at radius 1 is 1.18 bits per heavy atom. The Labute approximate surface area is 197 Å². The van der Waals surface area contributed by atoms with Crippen LogP contribution >= 0.6 is 0 Å². The Kier molecular flexibility index (Phi) is 5.32. The summed E-state index contributed by atoms with van der Waals surface area (Å²) in [7, 11) is 1.72. The van der Waals surface area contributed by atoms with Gasteiger partial charge in [0.15, 0.2) is 12.0 Å². The van der Waals surface area contributed by atoms with Gasteiger partial charge >= 0.3 is 0 Å². The van der Waals surface area contributed by atoms with Crippen molar-refractivity contribution in [3.05, 3.63) is 75.9 Å². The highest BCUT2D eigenvalue weighted by Crippen LogP contribution is 2.43. The molecule has 1 saturated heterocycles. The molecule has 2 fully saturated rings. The van der Waals surface area contributed by atoms with E-state index < -0.39 is 6.17 Å². The maximum atomic E-state index is 15.2. The third-order valence-electron chi connectivity index (χ3n) is 7.16. The number of halogens is 1. The van der Waals surface area contributed by atoms with E-state index in [2.05, 4.69) is 26.1 Å². The average molecular weight is 461 g/mol. The molecule has 1 unspecified atom stereocenters. The Balaban J connectivity index is 1.41. The van der Waals surface area contributed by atoms with Gasteiger partial charge in [-0.2, -0.15) is 0 Å². The van der Waals surface area contributed by atoms with Gasteiger partial charge < -0.3 is 9.55 Å². The molecule has 1 atom stereocenters. The molecule has 4 heterocycles. The Bertz CT molecular complexity index is 1390. The quantitative estimate of drug-likeness (QED) is 0.464. The van der Waals surface area contributed by atoms with Crippen molar-refractivity contribution in [2.75, 3.05) is 13.1 Å². The summed E-state index contributed by atoms with van der Waals surface area (Å²) < 4.78 is 18.5. The van der Waals surface area contributed by atoms with Gasteiger partial charge in [0.05, 0.1) is 0 Å². The van der Waals surface area contributed by atoms with Crippen molar-refractivity contribution >= 4 is 10.9 Å². The number of aromatic nitrogens is 5. The molecular weight excluding hydrogens is 431 g/mol. The van der Waals surface area contributed by atoms with Crippen LogP contribution in [-0.4, -0.2) is 42.3 Å². The SMILES string of the molecule is Cn1cnnc1C(F)c1cccc(-n2cc(C3CC3)c3cc(CN4CCCCC4)[nH]c3c2=O)c1. The minimum absolute atomic E-state index is 0.101. The largest absolute Gasteiger partial charge is 0.353 e. The molecule has 176 valence electrons. The van der Waals surface area contributed by atoms with Crippen molar-refractivity contribution in [2.24, 2.45) is 7.05 Å². The topological polar surface area (TPSA) is 71.7 Å². The number of aromatic amines is 1. The number of aryl methyl sites for hydroxylation is 1. The predicted octanol–water partition coefficient (Wildman–Crippen LogP) is 4.37. The molecule has 4 aromatic rings. The van der Waals surface area contributed by atoms with Crippen LogP contribution in [0.3, 0.4) is 0 Å². The van der Waals surface area contributed by atoms with Crippen LogP contribution in [0.2, 0.25) is 0 Å². The van der Waals surface area contributed by atoms with Crippen LogP contribution in [0.25, 0.3) is 16.6 Å². The third-order valence-corrected chi connectivity index (χ3v) is 7.16. The van der Waals surface area contributed by atoms with Gasteiger partial charge in [-0.15, -0.1) is 10.2 Å². The summed E-state index contributed by atoms with van der Waals surface area (Å²) >= 11 is 0. The lowest BCUT2D eigenvalue weighted by atomic mass is 10.1. The van der Waals surface area contributed by atoms with E-state index in [1.807, 2.05) is 12.3 Å². The first-order valence-corrected chi connectivity index (χ1v) is 12.2. The molecule has 1 N–H and O–H groups in total. The van der Waals surface area contributed by atoms with Gasteiger partial charge in [0.2, 0.25) is 0 Å². The first kappa shape index (κ1) is 21.3. The van der Waals surface area contributed by atoms with Crippen LogP contribution < -0.4 is 5.56 Å². The number of hydrogen-bond donors (Lipinski definition) is 1. The number of likely N-dealkylation sites (tertiary alicyclic amines) is 1. The number of H-pyrrole nitrogens is 1. The van der Waals surface area contributed by atoms with E-state index in [9.17, 15) is 4.79 Å². The molecule has 34 heavy (non-hydrogen) atoms. The van der Waals surface area contributed by atoms with Crippen LogP contribution in [0.4, 0.5) is 4.39 Å². The van der Waals surface area contributed by atoms with Gasteiger partial charge in [-0.3, -0.25) is 14.3 Å². The molecular formula is C26H29FN6O. The van der Waals surface area contributed by atoms with Gasteiger partial charge in [0.1, 0.15) is 11.8 Å². The predicted molar refractivity (Wildman–Crippen MR) is 129 cm³/mol. The second kappa shape index (κ2) is 8.51. The van der Waals surface area contributed by atoms with E-state index in [1.54, 1.807) is 34.4 Å². The number of nitrogens with one attached hydrogen (secondary N) is 1. The summed E-state index contributed by atoms with van der Waals surface area (Å²) in [6, 6.07) is 9.28. The number of alkyl halides is 1. The first-order chi connectivity index (χ1) is 16.6. The highest BCUT2D eigenvalue weighted by molar-refractivity contribution is 5.84. The van der Waals surface area contributed by atoms with Crippen molar-refractivity contribution in [2.45, 2.75) is 50.7 Å². The van der Waals surface area contributed by atoms with Crippen molar-refractivity contribution in [1.82, 2.24) is 29.2 Å². The third kappa shape index (κ3) is 3.86. The molecule has 7 nitrogen and oxygen atoms in total. The summed E-state index contributed by atoms with van der Waals surface area (Å²) in [6.07, 6.45) is 8.08. The van der Waals surface area contributed by atoms with Crippen molar-refractivity contribution in [3.63, 3.8) is 0 Å². The zero-order valence-corrected chi connectivity index (χ0v) is 19.4. The van der Waals surface area contributed by atoms with Crippen molar-refractivity contribution in [3.8, 4) is 5.69 Å². The van der Waals surface area contributed by atoms with Crippen LogP contribution in [0, 0.1) is 0 Å². The van der Waals surface area contributed by atoms with E-state index >= 15 is 4.39 Å². The molecule has 1 aromatic carbocycles. The zero-order valence-electron chi connectivity index (χ0n) is 19.4. The molecule has 1 aliphatic carbocycles.